The van der Waals surface area contributed by atoms with Gasteiger partial charge in [-0.05, 0) is 38.4 Å². The molecule has 0 radical (unpaired) electrons. The van der Waals surface area contributed by atoms with Gasteiger partial charge in [-0.15, -0.1) is 0 Å². The minimum absolute atomic E-state index is 0.0772. The van der Waals surface area contributed by atoms with Crippen LogP contribution in [0, 0.1) is 0 Å². The molecule has 0 atom stereocenters. The van der Waals surface area contributed by atoms with E-state index in [1.807, 2.05) is 26.2 Å². The summed E-state index contributed by atoms with van der Waals surface area (Å²) >= 11 is 6.80. The Kier molecular flexibility index (Phi) is 9.09. The second-order valence-electron chi connectivity index (χ2n) is 6.97. The molecule has 4 N–H and O–H groups in total. The fourth-order valence-electron chi connectivity index (χ4n) is 3.00. The van der Waals surface area contributed by atoms with E-state index in [1.165, 1.54) is 12.4 Å². The number of oxime groups is 2. The molecule has 0 aliphatic rings. The van der Waals surface area contributed by atoms with Gasteiger partial charge < -0.3 is 30.4 Å². The molecular formula is C20H24Br2N4O4. The molecule has 10 heteroatoms. The zero-order valence-corrected chi connectivity index (χ0v) is 19.8. The van der Waals surface area contributed by atoms with Gasteiger partial charge in [-0.2, -0.15) is 0 Å². The Labute approximate surface area is 192 Å². The van der Waals surface area contributed by atoms with Crippen molar-refractivity contribution < 1.29 is 20.6 Å². The second-order valence-corrected chi connectivity index (χ2v) is 8.80. The molecule has 0 aliphatic carbocycles. The third-order valence-corrected chi connectivity index (χ3v) is 5.42. The highest BCUT2D eigenvalue weighted by Gasteiger charge is 2.13. The highest BCUT2D eigenvalue weighted by atomic mass is 79.9. The number of aromatic hydroxyl groups is 2. The van der Waals surface area contributed by atoms with Gasteiger partial charge in [0, 0.05) is 57.4 Å². The molecule has 0 fully saturated rings. The zero-order chi connectivity index (χ0) is 22.3. The predicted octanol–water partition coefficient (Wildman–Crippen LogP) is 3.80. The number of hydrogen-bond donors (Lipinski definition) is 4. The van der Waals surface area contributed by atoms with E-state index in [9.17, 15) is 10.2 Å². The Morgan fingerprint density at radius 3 is 1.47 bits per heavy atom. The molecule has 30 heavy (non-hydrogen) atoms. The molecule has 8 nitrogen and oxygen atoms in total. The van der Waals surface area contributed by atoms with Crippen molar-refractivity contribution in [3.05, 3.63) is 55.5 Å². The Balaban J connectivity index is 2.00. The maximum Gasteiger partial charge on any atom is 0.129 e. The summed E-state index contributed by atoms with van der Waals surface area (Å²) < 4.78 is 1.56. The van der Waals surface area contributed by atoms with Gasteiger partial charge >= 0.3 is 0 Å². The summed E-state index contributed by atoms with van der Waals surface area (Å²) in [5.74, 6) is 0.154. The lowest BCUT2D eigenvalue weighted by molar-refractivity contribution is 0.243. The van der Waals surface area contributed by atoms with Crippen LogP contribution in [0.5, 0.6) is 11.5 Å². The number of phenols is 2. The maximum absolute atomic E-state index is 10.4. The van der Waals surface area contributed by atoms with E-state index in [2.05, 4.69) is 52.0 Å². The molecule has 0 aromatic heterocycles. The van der Waals surface area contributed by atoms with Crippen molar-refractivity contribution in [3.63, 3.8) is 0 Å². The number of halogens is 2. The van der Waals surface area contributed by atoms with Gasteiger partial charge in [-0.1, -0.05) is 42.2 Å². The van der Waals surface area contributed by atoms with Gasteiger partial charge in [0.15, 0.2) is 0 Å². The number of nitrogens with zero attached hydrogens (tertiary/aromatic N) is 4. The molecule has 0 unspecified atom stereocenters. The lowest BCUT2D eigenvalue weighted by atomic mass is 10.1. The van der Waals surface area contributed by atoms with Crippen LogP contribution in [0.15, 0.2) is 43.5 Å². The summed E-state index contributed by atoms with van der Waals surface area (Å²) in [7, 11) is 3.89. The highest BCUT2D eigenvalue weighted by molar-refractivity contribution is 9.10. The molecule has 2 rings (SSSR count). The van der Waals surface area contributed by atoms with Gasteiger partial charge in [-0.25, -0.2) is 0 Å². The van der Waals surface area contributed by atoms with E-state index in [4.69, 9.17) is 10.4 Å². The van der Waals surface area contributed by atoms with Crippen LogP contribution in [0.1, 0.15) is 22.3 Å². The van der Waals surface area contributed by atoms with E-state index in [0.29, 0.717) is 48.4 Å². The van der Waals surface area contributed by atoms with Crippen molar-refractivity contribution in [1.29, 1.82) is 0 Å². The summed E-state index contributed by atoms with van der Waals surface area (Å²) in [5, 5.41) is 44.2. The van der Waals surface area contributed by atoms with Crippen LogP contribution >= 0.6 is 31.9 Å². The second kappa shape index (κ2) is 11.3. The SMILES string of the molecule is CN(CCN(C)Cc1cc(Br)cc(/C=N/O)c1O)Cc1cc(Br)cc(/C=N/O)c1O. The van der Waals surface area contributed by atoms with Gasteiger partial charge in [-0.3, -0.25) is 0 Å². The van der Waals surface area contributed by atoms with E-state index in [-0.39, 0.29) is 11.5 Å². The quantitative estimate of drug-likeness (QED) is 0.217. The third kappa shape index (κ3) is 6.69. The van der Waals surface area contributed by atoms with E-state index in [0.717, 1.165) is 8.95 Å². The third-order valence-electron chi connectivity index (χ3n) is 4.50. The van der Waals surface area contributed by atoms with Crippen LogP contribution in [0.25, 0.3) is 0 Å². The standard InChI is InChI=1S/C20H24Br2N4O4/c1-25(11-15-7-17(21)5-13(9-23-29)19(15)27)3-4-26(2)12-16-8-18(22)6-14(10-24-30)20(16)28/h5-10,27-30H,3-4,11-12H2,1-2H3/b23-9+,24-10+. The van der Waals surface area contributed by atoms with Gasteiger partial charge in [0.25, 0.3) is 0 Å². The average molecular weight is 544 g/mol. The van der Waals surface area contributed by atoms with Gasteiger partial charge in [0.05, 0.1) is 12.4 Å². The van der Waals surface area contributed by atoms with Crippen molar-refractivity contribution >= 4 is 44.3 Å². The minimum atomic E-state index is 0.0772. The molecule has 2 aromatic carbocycles. The fourth-order valence-corrected chi connectivity index (χ4v) is 4.05. The molecule has 0 spiro atoms. The highest BCUT2D eigenvalue weighted by Crippen LogP contribution is 2.28. The molecule has 0 aliphatic heterocycles. The lowest BCUT2D eigenvalue weighted by Crippen LogP contribution is -2.30. The van der Waals surface area contributed by atoms with Crippen molar-refractivity contribution in [2.45, 2.75) is 13.1 Å². The Hall–Kier alpha value is -2.14. The van der Waals surface area contributed by atoms with Crippen molar-refractivity contribution in [2.24, 2.45) is 10.3 Å². The number of likely N-dealkylation sites (N-methyl/N-ethyl adjacent to an activating group) is 2. The normalized spacial score (nSPS) is 12.1. The van der Waals surface area contributed by atoms with E-state index in [1.54, 1.807) is 12.1 Å². The molecule has 0 amide bonds. The predicted molar refractivity (Wildman–Crippen MR) is 123 cm³/mol. The van der Waals surface area contributed by atoms with Crippen molar-refractivity contribution in [2.75, 3.05) is 27.2 Å². The maximum atomic E-state index is 10.4. The zero-order valence-electron chi connectivity index (χ0n) is 16.6. The summed E-state index contributed by atoms with van der Waals surface area (Å²) in [4.78, 5) is 4.12. The van der Waals surface area contributed by atoms with Crippen LogP contribution in [-0.4, -0.2) is 70.0 Å². The lowest BCUT2D eigenvalue weighted by Gasteiger charge is -2.23. The summed E-state index contributed by atoms with van der Waals surface area (Å²) in [6.45, 7) is 2.44. The van der Waals surface area contributed by atoms with Gasteiger partial charge in [0.2, 0.25) is 0 Å². The monoisotopic (exact) mass is 542 g/mol. The topological polar surface area (TPSA) is 112 Å². The molecule has 2 aromatic rings. The van der Waals surface area contributed by atoms with Crippen LogP contribution < -0.4 is 0 Å². The first-order valence-corrected chi connectivity index (χ1v) is 10.6. The van der Waals surface area contributed by atoms with Crippen molar-refractivity contribution in [1.82, 2.24) is 9.80 Å². The first-order chi connectivity index (χ1) is 14.2. The van der Waals surface area contributed by atoms with Crippen LogP contribution in [0.2, 0.25) is 0 Å². The summed E-state index contributed by atoms with van der Waals surface area (Å²) in [6.07, 6.45) is 2.38. The summed E-state index contributed by atoms with van der Waals surface area (Å²) in [6, 6.07) is 7.00. The molecule has 0 bridgehead atoms. The first kappa shape index (κ1) is 24.1. The average Bonchev–Trinajstić information content (AvgIpc) is 2.68. The fraction of sp³-hybridized carbons (Fsp3) is 0.300. The molecule has 0 heterocycles. The molecule has 162 valence electrons. The molecule has 0 saturated carbocycles. The smallest absolute Gasteiger partial charge is 0.129 e. The van der Waals surface area contributed by atoms with Crippen molar-refractivity contribution in [3.8, 4) is 11.5 Å². The molecule has 0 saturated heterocycles. The van der Waals surface area contributed by atoms with Crippen LogP contribution in [0.4, 0.5) is 0 Å². The Morgan fingerprint density at radius 2 is 1.13 bits per heavy atom. The first-order valence-electron chi connectivity index (χ1n) is 8.99. The summed E-state index contributed by atoms with van der Waals surface area (Å²) in [5.41, 5.74) is 2.28. The molecular weight excluding hydrogens is 520 g/mol. The number of rotatable bonds is 9. The van der Waals surface area contributed by atoms with E-state index < -0.39 is 0 Å². The largest absolute Gasteiger partial charge is 0.507 e. The Bertz CT molecular complexity index is 862. The minimum Gasteiger partial charge on any atom is -0.507 e. The number of hydrogen-bond acceptors (Lipinski definition) is 8. The van der Waals surface area contributed by atoms with Crippen LogP contribution in [0.3, 0.4) is 0 Å². The Morgan fingerprint density at radius 1 is 0.767 bits per heavy atom. The van der Waals surface area contributed by atoms with Gasteiger partial charge in [0.1, 0.15) is 11.5 Å². The van der Waals surface area contributed by atoms with Crippen LogP contribution in [-0.2, 0) is 13.1 Å². The number of benzene rings is 2. The number of phenolic OH excluding ortho intramolecular Hbond substituents is 2. The van der Waals surface area contributed by atoms with E-state index >= 15 is 0 Å².